The van der Waals surface area contributed by atoms with Crippen LogP contribution in [0.4, 0.5) is 5.69 Å². The lowest BCUT2D eigenvalue weighted by atomic mass is 10.1. The number of benzene rings is 1. The van der Waals surface area contributed by atoms with Gasteiger partial charge in [0.2, 0.25) is 0 Å². The van der Waals surface area contributed by atoms with Gasteiger partial charge in [-0.1, -0.05) is 18.2 Å². The lowest BCUT2D eigenvalue weighted by Gasteiger charge is -2.01. The first-order valence-corrected chi connectivity index (χ1v) is 5.10. The van der Waals surface area contributed by atoms with Gasteiger partial charge in [0.1, 0.15) is 5.78 Å². The van der Waals surface area contributed by atoms with Crippen LogP contribution in [0.1, 0.15) is 18.9 Å². The maximum atomic E-state index is 10.7. The molecule has 5 heteroatoms. The fourth-order valence-electron chi connectivity index (χ4n) is 1.37. The van der Waals surface area contributed by atoms with Gasteiger partial charge in [0.05, 0.1) is 16.6 Å². The number of hydrogen-bond donors (Lipinski definition) is 1. The van der Waals surface area contributed by atoms with Gasteiger partial charge in [-0.3, -0.25) is 14.9 Å². The molecule has 0 saturated carbocycles. The van der Waals surface area contributed by atoms with Crippen LogP contribution in [-0.4, -0.2) is 21.9 Å². The summed E-state index contributed by atoms with van der Waals surface area (Å²) in [6, 6.07) is 6.21. The molecule has 1 unspecified atom stereocenters. The smallest absolute Gasteiger partial charge is 0.276 e. The zero-order valence-corrected chi connectivity index (χ0v) is 9.37. The normalized spacial score (nSPS) is 12.6. The van der Waals surface area contributed by atoms with E-state index in [4.69, 9.17) is 0 Å². The van der Waals surface area contributed by atoms with Gasteiger partial charge in [-0.15, -0.1) is 0 Å². The highest BCUT2D eigenvalue weighted by molar-refractivity contribution is 5.76. The summed E-state index contributed by atoms with van der Waals surface area (Å²) in [6.45, 7) is 1.38. The van der Waals surface area contributed by atoms with E-state index >= 15 is 0 Å². The average Bonchev–Trinajstić information content (AvgIpc) is 2.25. The zero-order chi connectivity index (χ0) is 12.8. The Bertz CT molecular complexity index is 454. The Kier molecular flexibility index (Phi) is 4.54. The lowest BCUT2D eigenvalue weighted by Crippen LogP contribution is -2.07. The molecule has 0 radical (unpaired) electrons. The minimum atomic E-state index is -0.910. The Balaban J connectivity index is 2.84. The summed E-state index contributed by atoms with van der Waals surface area (Å²) in [5.41, 5.74) is 0.374. The molecular weight excluding hydrogens is 222 g/mol. The SMILES string of the molecule is CC(=O)CC(O)/C=C/c1ccccc1[N+](=O)[O-]. The third-order valence-corrected chi connectivity index (χ3v) is 2.13. The molecule has 0 heterocycles. The first kappa shape index (κ1) is 13.1. The van der Waals surface area contributed by atoms with E-state index in [0.717, 1.165) is 0 Å². The number of hydrogen-bond acceptors (Lipinski definition) is 4. The number of nitrogens with zero attached hydrogens (tertiary/aromatic N) is 1. The number of carbonyl (C=O) groups excluding carboxylic acids is 1. The van der Waals surface area contributed by atoms with Gasteiger partial charge < -0.3 is 5.11 Å². The Morgan fingerprint density at radius 3 is 2.76 bits per heavy atom. The molecule has 17 heavy (non-hydrogen) atoms. The molecule has 1 rings (SSSR count). The minimum absolute atomic E-state index is 0.0110. The van der Waals surface area contributed by atoms with Crippen LogP contribution in [-0.2, 0) is 4.79 Å². The second-order valence-electron chi connectivity index (χ2n) is 3.65. The third-order valence-electron chi connectivity index (χ3n) is 2.13. The van der Waals surface area contributed by atoms with Crippen molar-refractivity contribution in [3.63, 3.8) is 0 Å². The van der Waals surface area contributed by atoms with Gasteiger partial charge in [-0.25, -0.2) is 0 Å². The van der Waals surface area contributed by atoms with Crippen LogP contribution in [0.15, 0.2) is 30.3 Å². The average molecular weight is 235 g/mol. The number of para-hydroxylation sites is 1. The summed E-state index contributed by atoms with van der Waals surface area (Å²) < 4.78 is 0. The molecule has 1 aromatic rings. The topological polar surface area (TPSA) is 80.4 Å². The number of aliphatic hydroxyl groups excluding tert-OH is 1. The number of carbonyl (C=O) groups is 1. The molecule has 1 N–H and O–H groups in total. The predicted octanol–water partition coefficient (Wildman–Crippen LogP) is 1.95. The van der Waals surface area contributed by atoms with Crippen molar-refractivity contribution in [2.24, 2.45) is 0 Å². The van der Waals surface area contributed by atoms with E-state index in [9.17, 15) is 20.0 Å². The van der Waals surface area contributed by atoms with Crippen molar-refractivity contribution in [3.8, 4) is 0 Å². The number of nitro groups is 1. The van der Waals surface area contributed by atoms with Gasteiger partial charge in [-0.05, 0) is 19.1 Å². The van der Waals surface area contributed by atoms with Crippen molar-refractivity contribution < 1.29 is 14.8 Å². The fourth-order valence-corrected chi connectivity index (χ4v) is 1.37. The molecule has 90 valence electrons. The second kappa shape index (κ2) is 5.91. The van der Waals surface area contributed by atoms with E-state index in [1.165, 1.54) is 25.1 Å². The van der Waals surface area contributed by atoms with Gasteiger partial charge in [-0.2, -0.15) is 0 Å². The monoisotopic (exact) mass is 235 g/mol. The second-order valence-corrected chi connectivity index (χ2v) is 3.65. The van der Waals surface area contributed by atoms with Crippen LogP contribution in [0.3, 0.4) is 0 Å². The van der Waals surface area contributed by atoms with Crippen LogP contribution in [0, 0.1) is 10.1 Å². The van der Waals surface area contributed by atoms with Gasteiger partial charge >= 0.3 is 0 Å². The van der Waals surface area contributed by atoms with Gasteiger partial charge in [0.15, 0.2) is 0 Å². The third kappa shape index (κ3) is 4.16. The molecule has 0 spiro atoms. The molecular formula is C12H13NO4. The molecule has 0 amide bonds. The highest BCUT2D eigenvalue weighted by Crippen LogP contribution is 2.19. The molecule has 0 aromatic heterocycles. The Morgan fingerprint density at radius 1 is 1.53 bits per heavy atom. The van der Waals surface area contributed by atoms with E-state index in [1.807, 2.05) is 0 Å². The predicted molar refractivity (Wildman–Crippen MR) is 63.4 cm³/mol. The summed E-state index contributed by atoms with van der Waals surface area (Å²) in [5.74, 6) is -0.135. The van der Waals surface area contributed by atoms with Crippen molar-refractivity contribution in [2.75, 3.05) is 0 Å². The van der Waals surface area contributed by atoms with E-state index in [2.05, 4.69) is 0 Å². The number of aliphatic hydroxyl groups is 1. The number of nitro benzene ring substituents is 1. The van der Waals surface area contributed by atoms with E-state index in [-0.39, 0.29) is 17.9 Å². The quantitative estimate of drug-likeness (QED) is 0.624. The summed E-state index contributed by atoms with van der Waals surface area (Å²) in [6.07, 6.45) is 1.93. The van der Waals surface area contributed by atoms with Crippen LogP contribution in [0.2, 0.25) is 0 Å². The summed E-state index contributed by atoms with van der Waals surface area (Å²) in [7, 11) is 0. The molecule has 5 nitrogen and oxygen atoms in total. The van der Waals surface area contributed by atoms with Crippen LogP contribution >= 0.6 is 0 Å². The van der Waals surface area contributed by atoms with Crippen LogP contribution in [0.25, 0.3) is 6.08 Å². The van der Waals surface area contributed by atoms with E-state index in [1.54, 1.807) is 18.2 Å². The highest BCUT2D eigenvalue weighted by Gasteiger charge is 2.10. The van der Waals surface area contributed by atoms with Crippen molar-refractivity contribution in [1.29, 1.82) is 0 Å². The standard InChI is InChI=1S/C12H13NO4/c1-9(14)8-11(15)7-6-10-4-2-3-5-12(10)13(16)17/h2-7,11,15H,8H2,1H3/b7-6+. The van der Waals surface area contributed by atoms with Gasteiger partial charge in [0.25, 0.3) is 5.69 Å². The van der Waals surface area contributed by atoms with Crippen LogP contribution in [0.5, 0.6) is 0 Å². The minimum Gasteiger partial charge on any atom is -0.389 e. The molecule has 1 atom stereocenters. The Hall–Kier alpha value is -2.01. The maximum absolute atomic E-state index is 10.7. The first-order chi connectivity index (χ1) is 8.00. The summed E-state index contributed by atoms with van der Waals surface area (Å²) in [4.78, 5) is 20.9. The van der Waals surface area contributed by atoms with Crippen molar-refractivity contribution >= 4 is 17.5 Å². The molecule has 0 bridgehead atoms. The number of ketones is 1. The van der Waals surface area contributed by atoms with Crippen molar-refractivity contribution in [3.05, 3.63) is 46.0 Å². The Morgan fingerprint density at radius 2 is 2.18 bits per heavy atom. The molecule has 0 fully saturated rings. The lowest BCUT2D eigenvalue weighted by molar-refractivity contribution is -0.385. The molecule has 0 saturated heterocycles. The Labute approximate surface area is 98.5 Å². The molecule has 0 aliphatic carbocycles. The largest absolute Gasteiger partial charge is 0.389 e. The zero-order valence-electron chi connectivity index (χ0n) is 9.37. The molecule has 0 aliphatic heterocycles. The van der Waals surface area contributed by atoms with Gasteiger partial charge in [0, 0.05) is 12.5 Å². The highest BCUT2D eigenvalue weighted by atomic mass is 16.6. The van der Waals surface area contributed by atoms with E-state index in [0.29, 0.717) is 5.56 Å². The molecule has 1 aromatic carbocycles. The van der Waals surface area contributed by atoms with E-state index < -0.39 is 11.0 Å². The van der Waals surface area contributed by atoms with Crippen molar-refractivity contribution in [1.82, 2.24) is 0 Å². The van der Waals surface area contributed by atoms with Crippen LogP contribution < -0.4 is 0 Å². The fraction of sp³-hybridized carbons (Fsp3) is 0.250. The number of rotatable bonds is 5. The maximum Gasteiger partial charge on any atom is 0.276 e. The first-order valence-electron chi connectivity index (χ1n) is 5.10. The van der Waals surface area contributed by atoms with Crippen molar-refractivity contribution in [2.45, 2.75) is 19.4 Å². The number of Topliss-reactive ketones (excluding diaryl/α,β-unsaturated/α-hetero) is 1. The summed E-state index contributed by atoms with van der Waals surface area (Å²) >= 11 is 0. The molecule has 0 aliphatic rings. The summed E-state index contributed by atoms with van der Waals surface area (Å²) in [5, 5.41) is 20.1.